The van der Waals surface area contributed by atoms with Crippen LogP contribution in [0, 0.1) is 0 Å². The largest absolute Gasteiger partial charge is 0.456 e. The van der Waals surface area contributed by atoms with E-state index in [9.17, 15) is 4.79 Å². The Bertz CT molecular complexity index is 272. The standard InChI is InChI=1S/C11H16O3/c1-8-7-11(13-2)6-4-3-5-9(11)14-10(8)12/h9H,1,3-7H2,2H3/t9-,11+/m0/s1. The van der Waals surface area contributed by atoms with Crippen LogP contribution in [0.4, 0.5) is 0 Å². The van der Waals surface area contributed by atoms with Crippen molar-refractivity contribution in [1.29, 1.82) is 0 Å². The molecule has 1 aliphatic heterocycles. The molecule has 1 heterocycles. The number of hydrogen-bond donors (Lipinski definition) is 0. The maximum Gasteiger partial charge on any atom is 0.333 e. The lowest BCUT2D eigenvalue weighted by atomic mass is 9.76. The average molecular weight is 196 g/mol. The van der Waals surface area contributed by atoms with Crippen molar-refractivity contribution in [3.05, 3.63) is 12.2 Å². The van der Waals surface area contributed by atoms with Gasteiger partial charge in [-0.3, -0.25) is 0 Å². The number of carbonyl (C=O) groups is 1. The van der Waals surface area contributed by atoms with Crippen LogP contribution in [0.1, 0.15) is 32.1 Å². The molecule has 1 aliphatic carbocycles. The molecular weight excluding hydrogens is 180 g/mol. The first kappa shape index (κ1) is 9.71. The molecule has 3 nitrogen and oxygen atoms in total. The molecule has 0 aromatic carbocycles. The summed E-state index contributed by atoms with van der Waals surface area (Å²) in [5.74, 6) is -0.246. The Morgan fingerprint density at radius 3 is 3.07 bits per heavy atom. The third-order valence-electron chi connectivity index (χ3n) is 3.36. The highest BCUT2D eigenvalue weighted by molar-refractivity contribution is 5.89. The summed E-state index contributed by atoms with van der Waals surface area (Å²) in [4.78, 5) is 11.3. The second kappa shape index (κ2) is 3.39. The van der Waals surface area contributed by atoms with Crippen molar-refractivity contribution < 1.29 is 14.3 Å². The summed E-state index contributed by atoms with van der Waals surface area (Å²) in [5.41, 5.74) is 0.272. The van der Waals surface area contributed by atoms with Crippen LogP contribution in [0.3, 0.4) is 0 Å². The van der Waals surface area contributed by atoms with Crippen molar-refractivity contribution in [2.75, 3.05) is 7.11 Å². The molecule has 2 aliphatic rings. The van der Waals surface area contributed by atoms with E-state index < -0.39 is 0 Å². The monoisotopic (exact) mass is 196 g/mol. The lowest BCUT2D eigenvalue weighted by Crippen LogP contribution is -2.52. The number of hydrogen-bond acceptors (Lipinski definition) is 3. The maximum atomic E-state index is 11.3. The maximum absolute atomic E-state index is 11.3. The van der Waals surface area contributed by atoms with Crippen molar-refractivity contribution in [3.8, 4) is 0 Å². The average Bonchev–Trinajstić information content (AvgIpc) is 2.20. The molecule has 1 saturated heterocycles. The Hall–Kier alpha value is -0.830. The van der Waals surface area contributed by atoms with Gasteiger partial charge >= 0.3 is 5.97 Å². The molecule has 0 bridgehead atoms. The lowest BCUT2D eigenvalue weighted by Gasteiger charge is -2.45. The number of methoxy groups -OCH3 is 1. The summed E-state index contributed by atoms with van der Waals surface area (Å²) < 4.78 is 10.9. The molecule has 2 atom stereocenters. The van der Waals surface area contributed by atoms with Crippen LogP contribution in [0.5, 0.6) is 0 Å². The Balaban J connectivity index is 2.23. The van der Waals surface area contributed by atoms with Gasteiger partial charge in [-0.15, -0.1) is 0 Å². The predicted molar refractivity (Wildman–Crippen MR) is 51.8 cm³/mol. The van der Waals surface area contributed by atoms with Gasteiger partial charge in [0.05, 0.1) is 0 Å². The molecule has 78 valence electrons. The van der Waals surface area contributed by atoms with E-state index in [4.69, 9.17) is 9.47 Å². The predicted octanol–water partition coefficient (Wildman–Crippen LogP) is 1.82. The molecule has 0 radical (unpaired) electrons. The molecule has 0 aromatic rings. The minimum absolute atomic E-state index is 0.0563. The SMILES string of the molecule is C=C1C[C@]2(OC)CCCC[C@@H]2OC1=O. The molecule has 0 aromatic heterocycles. The van der Waals surface area contributed by atoms with Gasteiger partial charge in [-0.2, -0.15) is 0 Å². The van der Waals surface area contributed by atoms with Gasteiger partial charge < -0.3 is 9.47 Å². The highest BCUT2D eigenvalue weighted by Gasteiger charge is 2.48. The minimum Gasteiger partial charge on any atom is -0.456 e. The number of esters is 1. The van der Waals surface area contributed by atoms with Crippen molar-refractivity contribution >= 4 is 5.97 Å². The summed E-state index contributed by atoms with van der Waals surface area (Å²) in [6.45, 7) is 3.72. The van der Waals surface area contributed by atoms with Gasteiger partial charge in [0.1, 0.15) is 11.7 Å². The zero-order chi connectivity index (χ0) is 10.2. The normalized spacial score (nSPS) is 37.6. The van der Waals surface area contributed by atoms with Crippen molar-refractivity contribution in [2.45, 2.75) is 43.8 Å². The molecule has 2 fully saturated rings. The van der Waals surface area contributed by atoms with Gasteiger partial charge in [-0.1, -0.05) is 13.0 Å². The Labute approximate surface area is 84.1 Å². The van der Waals surface area contributed by atoms with E-state index in [2.05, 4.69) is 6.58 Å². The summed E-state index contributed by atoms with van der Waals surface area (Å²) in [5, 5.41) is 0. The quantitative estimate of drug-likeness (QED) is 0.474. The lowest BCUT2D eigenvalue weighted by molar-refractivity contribution is -0.185. The molecule has 0 unspecified atom stereocenters. The molecule has 14 heavy (non-hydrogen) atoms. The van der Waals surface area contributed by atoms with E-state index in [0.29, 0.717) is 12.0 Å². The van der Waals surface area contributed by atoms with Gasteiger partial charge in [-0.05, 0) is 19.3 Å². The highest BCUT2D eigenvalue weighted by atomic mass is 16.6. The number of ether oxygens (including phenoxy) is 2. The highest BCUT2D eigenvalue weighted by Crippen LogP contribution is 2.41. The van der Waals surface area contributed by atoms with Crippen LogP contribution in [0.2, 0.25) is 0 Å². The Morgan fingerprint density at radius 2 is 2.36 bits per heavy atom. The number of carbonyl (C=O) groups excluding carboxylic acids is 1. The smallest absolute Gasteiger partial charge is 0.333 e. The first-order chi connectivity index (χ1) is 6.68. The summed E-state index contributed by atoms with van der Waals surface area (Å²) in [6, 6.07) is 0. The molecular formula is C11H16O3. The zero-order valence-electron chi connectivity index (χ0n) is 8.54. The number of fused-ring (bicyclic) bond motifs is 1. The molecule has 0 amide bonds. The zero-order valence-corrected chi connectivity index (χ0v) is 8.54. The fourth-order valence-corrected chi connectivity index (χ4v) is 2.50. The molecule has 0 N–H and O–H groups in total. The van der Waals surface area contributed by atoms with Crippen LogP contribution < -0.4 is 0 Å². The molecule has 2 rings (SSSR count). The third kappa shape index (κ3) is 1.36. The minimum atomic E-state index is -0.275. The van der Waals surface area contributed by atoms with E-state index in [0.717, 1.165) is 25.7 Å². The van der Waals surface area contributed by atoms with Crippen LogP contribution in [0.15, 0.2) is 12.2 Å². The number of rotatable bonds is 1. The van der Waals surface area contributed by atoms with Gasteiger partial charge in [0.15, 0.2) is 0 Å². The van der Waals surface area contributed by atoms with E-state index in [1.165, 1.54) is 0 Å². The van der Waals surface area contributed by atoms with Gasteiger partial charge in [0, 0.05) is 19.1 Å². The van der Waals surface area contributed by atoms with Crippen molar-refractivity contribution in [1.82, 2.24) is 0 Å². The van der Waals surface area contributed by atoms with Crippen LogP contribution in [0.25, 0.3) is 0 Å². The first-order valence-electron chi connectivity index (χ1n) is 5.12. The second-order valence-corrected chi connectivity index (χ2v) is 4.19. The fourth-order valence-electron chi connectivity index (χ4n) is 2.50. The topological polar surface area (TPSA) is 35.5 Å². The van der Waals surface area contributed by atoms with E-state index in [1.54, 1.807) is 7.11 Å². The Morgan fingerprint density at radius 1 is 1.57 bits per heavy atom. The Kier molecular flexibility index (Phi) is 2.35. The molecule has 3 heteroatoms. The van der Waals surface area contributed by atoms with Crippen LogP contribution >= 0.6 is 0 Å². The fraction of sp³-hybridized carbons (Fsp3) is 0.727. The van der Waals surface area contributed by atoms with Crippen LogP contribution in [-0.4, -0.2) is 24.8 Å². The molecule has 0 spiro atoms. The van der Waals surface area contributed by atoms with Gasteiger partial charge in [0.2, 0.25) is 0 Å². The molecule has 1 saturated carbocycles. The summed E-state index contributed by atoms with van der Waals surface area (Å²) in [6.07, 6.45) is 4.74. The van der Waals surface area contributed by atoms with E-state index in [1.807, 2.05) is 0 Å². The van der Waals surface area contributed by atoms with Crippen molar-refractivity contribution in [3.63, 3.8) is 0 Å². The first-order valence-corrected chi connectivity index (χ1v) is 5.12. The third-order valence-corrected chi connectivity index (χ3v) is 3.36. The van der Waals surface area contributed by atoms with Gasteiger partial charge in [0.25, 0.3) is 0 Å². The van der Waals surface area contributed by atoms with Crippen molar-refractivity contribution in [2.24, 2.45) is 0 Å². The van der Waals surface area contributed by atoms with E-state index >= 15 is 0 Å². The van der Waals surface area contributed by atoms with Gasteiger partial charge in [-0.25, -0.2) is 4.79 Å². The van der Waals surface area contributed by atoms with Crippen LogP contribution in [-0.2, 0) is 14.3 Å². The summed E-state index contributed by atoms with van der Waals surface area (Å²) in [7, 11) is 1.70. The second-order valence-electron chi connectivity index (χ2n) is 4.19. The van der Waals surface area contributed by atoms with E-state index in [-0.39, 0.29) is 17.7 Å². The summed E-state index contributed by atoms with van der Waals surface area (Å²) >= 11 is 0.